The lowest BCUT2D eigenvalue weighted by atomic mass is 10.0. The Kier molecular flexibility index (Phi) is 6.50. The van der Waals surface area contributed by atoms with Crippen molar-refractivity contribution in [3.05, 3.63) is 0 Å². The van der Waals surface area contributed by atoms with E-state index in [9.17, 15) is 4.79 Å². The molecule has 1 N–H and O–H groups in total. The summed E-state index contributed by atoms with van der Waals surface area (Å²) in [6, 6.07) is 0. The third kappa shape index (κ3) is 4.50. The standard InChI is InChI=1S/C8H15O2/c1-2-3-4-5-8(6-9)7-10/h8-9H,2-6H2,1H3. The molecule has 0 amide bonds. The normalized spacial score (nSPS) is 13.0. The molecule has 10 heavy (non-hydrogen) atoms. The first-order valence-electron chi connectivity index (χ1n) is 3.83. The first-order valence-corrected chi connectivity index (χ1v) is 3.83. The molecule has 0 heterocycles. The first-order chi connectivity index (χ1) is 4.85. The summed E-state index contributed by atoms with van der Waals surface area (Å²) in [6.45, 7) is 2.06. The van der Waals surface area contributed by atoms with Gasteiger partial charge in [0, 0.05) is 5.92 Å². The predicted octanol–water partition coefficient (Wildman–Crippen LogP) is 1.28. The van der Waals surface area contributed by atoms with Gasteiger partial charge in [0.1, 0.15) is 0 Å². The Bertz CT molecular complexity index is 81.3. The Morgan fingerprint density at radius 2 is 2.20 bits per heavy atom. The van der Waals surface area contributed by atoms with E-state index in [0.717, 1.165) is 25.7 Å². The minimum atomic E-state index is -0.244. The van der Waals surface area contributed by atoms with Crippen LogP contribution in [-0.2, 0) is 4.79 Å². The monoisotopic (exact) mass is 143 g/mol. The average Bonchev–Trinajstić information content (AvgIpc) is 1.99. The SMILES string of the molecule is CCCCCC([C]=O)CO. The maximum atomic E-state index is 10.0. The molecule has 0 aliphatic carbocycles. The second-order valence-electron chi connectivity index (χ2n) is 2.49. The second kappa shape index (κ2) is 6.75. The van der Waals surface area contributed by atoms with E-state index < -0.39 is 0 Å². The Hall–Kier alpha value is -0.370. The van der Waals surface area contributed by atoms with Crippen LogP contribution in [0.4, 0.5) is 0 Å². The number of unbranched alkanes of at least 4 members (excludes halogenated alkanes) is 2. The van der Waals surface area contributed by atoms with Crippen LogP contribution >= 0.6 is 0 Å². The molecule has 0 aliphatic rings. The Morgan fingerprint density at radius 3 is 2.60 bits per heavy atom. The molecule has 0 aromatic heterocycles. The van der Waals surface area contributed by atoms with Gasteiger partial charge in [-0.1, -0.05) is 26.2 Å². The van der Waals surface area contributed by atoms with Gasteiger partial charge in [-0.05, 0) is 6.42 Å². The van der Waals surface area contributed by atoms with Crippen LogP contribution in [0.5, 0.6) is 0 Å². The number of hydrogen-bond acceptors (Lipinski definition) is 2. The lowest BCUT2D eigenvalue weighted by Gasteiger charge is -2.02. The fourth-order valence-electron chi connectivity index (χ4n) is 0.828. The van der Waals surface area contributed by atoms with Crippen LogP contribution in [0, 0.1) is 5.92 Å². The molecule has 0 spiro atoms. The Labute approximate surface area is 62.2 Å². The minimum absolute atomic E-state index is 0.0484. The van der Waals surface area contributed by atoms with E-state index >= 15 is 0 Å². The zero-order chi connectivity index (χ0) is 7.82. The average molecular weight is 143 g/mol. The molecule has 1 atom stereocenters. The second-order valence-corrected chi connectivity index (χ2v) is 2.49. The van der Waals surface area contributed by atoms with Gasteiger partial charge in [-0.3, -0.25) is 4.79 Å². The van der Waals surface area contributed by atoms with Gasteiger partial charge in [0.25, 0.3) is 0 Å². The van der Waals surface area contributed by atoms with Crippen LogP contribution in [0.25, 0.3) is 0 Å². The topological polar surface area (TPSA) is 37.3 Å². The lowest BCUT2D eigenvalue weighted by molar-refractivity contribution is 0.249. The van der Waals surface area contributed by atoms with Gasteiger partial charge in [-0.15, -0.1) is 0 Å². The van der Waals surface area contributed by atoms with Crippen molar-refractivity contribution in [2.45, 2.75) is 32.6 Å². The first kappa shape index (κ1) is 9.63. The minimum Gasteiger partial charge on any atom is -0.396 e. The third-order valence-corrected chi connectivity index (χ3v) is 1.54. The lowest BCUT2D eigenvalue weighted by Crippen LogP contribution is -2.06. The van der Waals surface area contributed by atoms with Crippen LogP contribution in [-0.4, -0.2) is 18.0 Å². The highest BCUT2D eigenvalue weighted by molar-refractivity contribution is 5.54. The number of hydrogen-bond donors (Lipinski definition) is 1. The van der Waals surface area contributed by atoms with Crippen molar-refractivity contribution in [3.8, 4) is 0 Å². The van der Waals surface area contributed by atoms with E-state index in [0.29, 0.717) is 0 Å². The van der Waals surface area contributed by atoms with E-state index in [1.807, 2.05) is 6.29 Å². The number of rotatable bonds is 6. The van der Waals surface area contributed by atoms with Crippen molar-refractivity contribution < 1.29 is 9.90 Å². The fourth-order valence-corrected chi connectivity index (χ4v) is 0.828. The van der Waals surface area contributed by atoms with Crippen LogP contribution in [0.1, 0.15) is 32.6 Å². The maximum absolute atomic E-state index is 10.0. The summed E-state index contributed by atoms with van der Waals surface area (Å²) < 4.78 is 0. The molecule has 0 aromatic rings. The Morgan fingerprint density at radius 1 is 1.50 bits per heavy atom. The quantitative estimate of drug-likeness (QED) is 0.569. The number of carbonyl (C=O) groups excluding carboxylic acids is 1. The van der Waals surface area contributed by atoms with E-state index in [-0.39, 0.29) is 12.5 Å². The van der Waals surface area contributed by atoms with E-state index in [2.05, 4.69) is 6.92 Å². The van der Waals surface area contributed by atoms with Crippen molar-refractivity contribution in [2.24, 2.45) is 5.92 Å². The van der Waals surface area contributed by atoms with Gasteiger partial charge in [-0.2, -0.15) is 0 Å². The van der Waals surface area contributed by atoms with Gasteiger partial charge >= 0.3 is 0 Å². The molecule has 0 fully saturated rings. The summed E-state index contributed by atoms with van der Waals surface area (Å²) in [6.07, 6.45) is 5.91. The largest absolute Gasteiger partial charge is 0.396 e. The van der Waals surface area contributed by atoms with E-state index in [1.165, 1.54) is 0 Å². The molecule has 2 nitrogen and oxygen atoms in total. The van der Waals surface area contributed by atoms with Gasteiger partial charge in [0.2, 0.25) is 6.29 Å². The molecule has 0 aliphatic heterocycles. The summed E-state index contributed by atoms with van der Waals surface area (Å²) in [5.74, 6) is -0.244. The zero-order valence-electron chi connectivity index (χ0n) is 6.47. The number of aliphatic hydroxyl groups is 1. The molecule has 2 heteroatoms. The van der Waals surface area contributed by atoms with Crippen LogP contribution in [0.3, 0.4) is 0 Å². The van der Waals surface area contributed by atoms with Crippen LogP contribution in [0.2, 0.25) is 0 Å². The highest BCUT2D eigenvalue weighted by Crippen LogP contribution is 2.06. The highest BCUT2D eigenvalue weighted by Gasteiger charge is 2.04. The summed E-state index contributed by atoms with van der Waals surface area (Å²) >= 11 is 0. The van der Waals surface area contributed by atoms with Gasteiger partial charge < -0.3 is 5.11 Å². The fraction of sp³-hybridized carbons (Fsp3) is 0.875. The summed E-state index contributed by atoms with van der Waals surface area (Å²) in [5, 5.41) is 8.56. The van der Waals surface area contributed by atoms with Crippen molar-refractivity contribution in [2.75, 3.05) is 6.61 Å². The summed E-state index contributed by atoms with van der Waals surface area (Å²) in [7, 11) is 0. The van der Waals surface area contributed by atoms with Crippen molar-refractivity contribution in [1.29, 1.82) is 0 Å². The Balaban J connectivity index is 3.17. The third-order valence-electron chi connectivity index (χ3n) is 1.54. The molecular weight excluding hydrogens is 128 g/mol. The highest BCUT2D eigenvalue weighted by atomic mass is 16.3. The van der Waals surface area contributed by atoms with Gasteiger partial charge in [0.05, 0.1) is 6.61 Å². The van der Waals surface area contributed by atoms with E-state index in [4.69, 9.17) is 5.11 Å². The molecule has 0 aromatic carbocycles. The van der Waals surface area contributed by atoms with Crippen molar-refractivity contribution in [1.82, 2.24) is 0 Å². The van der Waals surface area contributed by atoms with Crippen molar-refractivity contribution in [3.63, 3.8) is 0 Å². The molecular formula is C8H15O2. The molecule has 0 rings (SSSR count). The van der Waals surface area contributed by atoms with Crippen LogP contribution < -0.4 is 0 Å². The van der Waals surface area contributed by atoms with E-state index in [1.54, 1.807) is 0 Å². The van der Waals surface area contributed by atoms with Gasteiger partial charge in [-0.25, -0.2) is 0 Å². The number of aliphatic hydroxyl groups excluding tert-OH is 1. The smallest absolute Gasteiger partial charge is 0.204 e. The molecule has 0 saturated heterocycles. The van der Waals surface area contributed by atoms with Gasteiger partial charge in [0.15, 0.2) is 0 Å². The predicted molar refractivity (Wildman–Crippen MR) is 40.4 cm³/mol. The maximum Gasteiger partial charge on any atom is 0.204 e. The molecule has 1 radical (unpaired) electrons. The molecule has 1 unspecified atom stereocenters. The molecule has 59 valence electrons. The summed E-state index contributed by atoms with van der Waals surface area (Å²) in [5.41, 5.74) is 0. The van der Waals surface area contributed by atoms with Crippen molar-refractivity contribution >= 4 is 6.29 Å². The van der Waals surface area contributed by atoms with Crippen LogP contribution in [0.15, 0.2) is 0 Å². The zero-order valence-corrected chi connectivity index (χ0v) is 6.47. The summed E-state index contributed by atoms with van der Waals surface area (Å²) in [4.78, 5) is 10.0. The molecule has 0 saturated carbocycles. The molecule has 0 bridgehead atoms.